The Bertz CT molecular complexity index is 701. The molecule has 0 spiro atoms. The van der Waals surface area contributed by atoms with E-state index in [4.69, 9.17) is 18.0 Å². The highest BCUT2D eigenvalue weighted by Gasteiger charge is 2.16. The fourth-order valence-electron chi connectivity index (χ4n) is 1.61. The second kappa shape index (κ2) is 6.19. The van der Waals surface area contributed by atoms with E-state index in [1.807, 2.05) is 12.1 Å². The first-order valence-electron chi connectivity index (χ1n) is 5.48. The molecule has 1 aromatic heterocycles. The predicted octanol–water partition coefficient (Wildman–Crippen LogP) is 2.67. The molecule has 2 aromatic rings. The molecule has 104 valence electrons. The number of nitrogens with zero attached hydrogens (tertiary/aromatic N) is 2. The van der Waals surface area contributed by atoms with E-state index >= 15 is 0 Å². The van der Waals surface area contributed by atoms with Crippen LogP contribution in [0.3, 0.4) is 0 Å². The molecule has 8 heteroatoms. The first kappa shape index (κ1) is 15.4. The van der Waals surface area contributed by atoms with Gasteiger partial charge < -0.3 is 11.1 Å². The maximum atomic E-state index is 12.3. The Hall–Kier alpha value is -1.000. The average Bonchev–Trinajstić information content (AvgIpc) is 2.74. The van der Waals surface area contributed by atoms with Crippen molar-refractivity contribution >= 4 is 67.5 Å². The summed E-state index contributed by atoms with van der Waals surface area (Å²) in [7, 11) is 1.71. The Balaban J connectivity index is 2.35. The van der Waals surface area contributed by atoms with Gasteiger partial charge in [0.25, 0.3) is 5.91 Å². The van der Waals surface area contributed by atoms with Gasteiger partial charge in [-0.3, -0.25) is 9.48 Å². The molecule has 0 aliphatic rings. The standard InChI is InChI=1S/C12H10BrIN4OS/c1-18-11(8(5-16-18)10(15)20)17-12(19)7-4-6(14)2-3-9(7)13/h2-5H,1H3,(H2,15,20)(H,17,19). The molecule has 0 unspecified atom stereocenters. The van der Waals surface area contributed by atoms with E-state index in [9.17, 15) is 4.79 Å². The molecular formula is C12H10BrIN4OS. The highest BCUT2D eigenvalue weighted by molar-refractivity contribution is 14.1. The molecule has 1 amide bonds. The highest BCUT2D eigenvalue weighted by Crippen LogP contribution is 2.22. The molecule has 0 aliphatic heterocycles. The Morgan fingerprint density at radius 1 is 1.50 bits per heavy atom. The summed E-state index contributed by atoms with van der Waals surface area (Å²) in [5.74, 6) is 0.227. The first-order chi connectivity index (χ1) is 9.40. The third kappa shape index (κ3) is 3.18. The Morgan fingerprint density at radius 2 is 2.20 bits per heavy atom. The molecule has 1 heterocycles. The van der Waals surface area contributed by atoms with Gasteiger partial charge in [-0.25, -0.2) is 0 Å². The summed E-state index contributed by atoms with van der Waals surface area (Å²) in [6.45, 7) is 0. The summed E-state index contributed by atoms with van der Waals surface area (Å²) in [5, 5.41) is 6.83. The Morgan fingerprint density at radius 3 is 2.85 bits per heavy atom. The fourth-order valence-corrected chi connectivity index (χ4v) is 2.68. The minimum absolute atomic E-state index is 0.190. The number of halogens is 2. The summed E-state index contributed by atoms with van der Waals surface area (Å²) in [6.07, 6.45) is 1.53. The van der Waals surface area contributed by atoms with E-state index < -0.39 is 0 Å². The number of carbonyl (C=O) groups excluding carboxylic acids is 1. The highest BCUT2D eigenvalue weighted by atomic mass is 127. The lowest BCUT2D eigenvalue weighted by Gasteiger charge is -2.09. The van der Waals surface area contributed by atoms with E-state index in [1.54, 1.807) is 13.1 Å². The molecule has 0 fully saturated rings. The molecule has 0 radical (unpaired) electrons. The molecule has 0 aliphatic carbocycles. The average molecular weight is 465 g/mol. The minimum atomic E-state index is -0.253. The van der Waals surface area contributed by atoms with Gasteiger partial charge in [0.1, 0.15) is 10.8 Å². The summed E-state index contributed by atoms with van der Waals surface area (Å²) in [4.78, 5) is 12.5. The van der Waals surface area contributed by atoms with E-state index in [-0.39, 0.29) is 10.9 Å². The van der Waals surface area contributed by atoms with Gasteiger partial charge in [0.05, 0.1) is 17.3 Å². The first-order valence-corrected chi connectivity index (χ1v) is 7.76. The van der Waals surface area contributed by atoms with Gasteiger partial charge >= 0.3 is 0 Å². The van der Waals surface area contributed by atoms with Gasteiger partial charge in [-0.2, -0.15) is 5.10 Å². The molecular weight excluding hydrogens is 455 g/mol. The number of hydrogen-bond acceptors (Lipinski definition) is 3. The van der Waals surface area contributed by atoms with Crippen molar-refractivity contribution in [3.63, 3.8) is 0 Å². The number of aryl methyl sites for hydroxylation is 1. The van der Waals surface area contributed by atoms with Crippen molar-refractivity contribution in [3.05, 3.63) is 43.6 Å². The minimum Gasteiger partial charge on any atom is -0.389 e. The van der Waals surface area contributed by atoms with Crippen LogP contribution in [0, 0.1) is 3.57 Å². The lowest BCUT2D eigenvalue weighted by atomic mass is 10.2. The van der Waals surface area contributed by atoms with Gasteiger partial charge in [-0.1, -0.05) is 12.2 Å². The molecule has 0 bridgehead atoms. The zero-order chi connectivity index (χ0) is 14.9. The summed E-state index contributed by atoms with van der Waals surface area (Å²) in [5.41, 5.74) is 6.69. The van der Waals surface area contributed by atoms with Gasteiger partial charge in [-0.15, -0.1) is 0 Å². The predicted molar refractivity (Wildman–Crippen MR) is 93.9 cm³/mol. The molecule has 5 nitrogen and oxygen atoms in total. The third-order valence-electron chi connectivity index (χ3n) is 2.61. The lowest BCUT2D eigenvalue weighted by Crippen LogP contribution is -2.19. The van der Waals surface area contributed by atoms with Crippen LogP contribution in [0.15, 0.2) is 28.9 Å². The van der Waals surface area contributed by atoms with Crippen molar-refractivity contribution in [1.82, 2.24) is 9.78 Å². The van der Waals surface area contributed by atoms with Crippen molar-refractivity contribution in [2.45, 2.75) is 0 Å². The SMILES string of the molecule is Cn1ncc(C(N)=S)c1NC(=O)c1cc(I)ccc1Br. The van der Waals surface area contributed by atoms with Crippen molar-refractivity contribution < 1.29 is 4.79 Å². The van der Waals surface area contributed by atoms with E-state index in [2.05, 4.69) is 48.9 Å². The normalized spacial score (nSPS) is 10.3. The Labute approximate surface area is 143 Å². The van der Waals surface area contributed by atoms with Crippen molar-refractivity contribution in [3.8, 4) is 0 Å². The van der Waals surface area contributed by atoms with E-state index in [1.165, 1.54) is 10.9 Å². The maximum absolute atomic E-state index is 12.3. The van der Waals surface area contributed by atoms with Crippen LogP contribution in [-0.2, 0) is 7.05 Å². The van der Waals surface area contributed by atoms with E-state index in [0.717, 1.165) is 8.04 Å². The number of anilines is 1. The molecule has 1 aromatic carbocycles. The number of amides is 1. The zero-order valence-corrected chi connectivity index (χ0v) is 14.9. The topological polar surface area (TPSA) is 72.9 Å². The van der Waals surface area contributed by atoms with Crippen LogP contribution in [0.2, 0.25) is 0 Å². The second-order valence-electron chi connectivity index (χ2n) is 3.97. The summed E-state index contributed by atoms with van der Waals surface area (Å²) >= 11 is 10.5. The summed E-state index contributed by atoms with van der Waals surface area (Å²) < 4.78 is 3.21. The number of aromatic nitrogens is 2. The monoisotopic (exact) mass is 464 g/mol. The number of benzene rings is 1. The smallest absolute Gasteiger partial charge is 0.258 e. The maximum Gasteiger partial charge on any atom is 0.258 e. The van der Waals surface area contributed by atoms with Crippen LogP contribution in [0.1, 0.15) is 15.9 Å². The third-order valence-corrected chi connectivity index (χ3v) is 4.19. The van der Waals surface area contributed by atoms with Gasteiger partial charge in [0, 0.05) is 15.1 Å². The van der Waals surface area contributed by atoms with Crippen LogP contribution in [0.4, 0.5) is 5.82 Å². The van der Waals surface area contributed by atoms with Crippen LogP contribution < -0.4 is 11.1 Å². The van der Waals surface area contributed by atoms with Crippen molar-refractivity contribution in [1.29, 1.82) is 0 Å². The number of carbonyl (C=O) groups is 1. The number of nitrogens with two attached hydrogens (primary N) is 1. The van der Waals surface area contributed by atoms with Gasteiger partial charge in [-0.05, 0) is 56.7 Å². The second-order valence-corrected chi connectivity index (χ2v) is 6.51. The zero-order valence-electron chi connectivity index (χ0n) is 10.4. The lowest BCUT2D eigenvalue weighted by molar-refractivity contribution is 0.102. The molecule has 2 rings (SSSR count). The Kier molecular flexibility index (Phi) is 4.76. The number of hydrogen-bond donors (Lipinski definition) is 2. The van der Waals surface area contributed by atoms with E-state index in [0.29, 0.717) is 16.9 Å². The van der Waals surface area contributed by atoms with Gasteiger partial charge in [0.15, 0.2) is 0 Å². The van der Waals surface area contributed by atoms with Gasteiger partial charge in [0.2, 0.25) is 0 Å². The largest absolute Gasteiger partial charge is 0.389 e. The van der Waals surface area contributed by atoms with Crippen LogP contribution in [0.25, 0.3) is 0 Å². The molecule has 0 atom stereocenters. The number of rotatable bonds is 3. The molecule has 0 saturated carbocycles. The van der Waals surface area contributed by atoms with Crippen molar-refractivity contribution in [2.75, 3.05) is 5.32 Å². The molecule has 3 N–H and O–H groups in total. The van der Waals surface area contributed by atoms with Crippen molar-refractivity contribution in [2.24, 2.45) is 12.8 Å². The molecule has 20 heavy (non-hydrogen) atoms. The number of thiocarbonyl (C=S) groups is 1. The molecule has 0 saturated heterocycles. The quantitative estimate of drug-likeness (QED) is 0.541. The van der Waals surface area contributed by atoms with Crippen LogP contribution >= 0.6 is 50.7 Å². The van der Waals surface area contributed by atoms with Crippen LogP contribution in [0.5, 0.6) is 0 Å². The number of nitrogens with one attached hydrogen (secondary N) is 1. The fraction of sp³-hybridized carbons (Fsp3) is 0.0833. The summed E-state index contributed by atoms with van der Waals surface area (Å²) in [6, 6.07) is 5.52. The van der Waals surface area contributed by atoms with Crippen LogP contribution in [-0.4, -0.2) is 20.7 Å².